The van der Waals surface area contributed by atoms with E-state index in [1.54, 1.807) is 12.1 Å². The summed E-state index contributed by atoms with van der Waals surface area (Å²) in [6, 6.07) is 7.35. The Kier molecular flexibility index (Phi) is 4.63. The number of H-pyrrole nitrogens is 1. The fraction of sp³-hybridized carbons (Fsp3) is 0.316. The zero-order chi connectivity index (χ0) is 18.3. The molecule has 2 atom stereocenters. The number of nitrogens with one attached hydrogen (secondary N) is 2. The van der Waals surface area contributed by atoms with Gasteiger partial charge in [0.15, 0.2) is 5.16 Å². The molecule has 2 heterocycles. The second kappa shape index (κ2) is 6.93. The number of ketones is 1. The molecule has 0 radical (unpaired) electrons. The number of allylic oxidation sites excluding steroid dienone is 2. The average Bonchev–Trinajstić information content (AvgIpc) is 2.61. The van der Waals surface area contributed by atoms with Crippen molar-refractivity contribution < 1.29 is 4.79 Å². The lowest BCUT2D eigenvalue weighted by molar-refractivity contribution is -0.122. The number of rotatable bonds is 3. The number of benzene rings is 1. The average molecular weight is 388 g/mol. The Morgan fingerprint density at radius 2 is 2.00 bits per heavy atom. The molecule has 5 nitrogen and oxygen atoms in total. The molecule has 0 fully saturated rings. The highest BCUT2D eigenvalue weighted by atomic mass is 35.5. The summed E-state index contributed by atoms with van der Waals surface area (Å²) in [4.78, 5) is 33.1. The van der Waals surface area contributed by atoms with Gasteiger partial charge in [-0.15, -0.1) is 0 Å². The first-order valence-electron chi connectivity index (χ1n) is 8.60. The van der Waals surface area contributed by atoms with Crippen molar-refractivity contribution in [3.05, 3.63) is 62.5 Å². The molecule has 26 heavy (non-hydrogen) atoms. The quantitative estimate of drug-likeness (QED) is 0.616. The van der Waals surface area contributed by atoms with E-state index in [2.05, 4.69) is 15.3 Å². The number of aromatic amines is 1. The van der Waals surface area contributed by atoms with Crippen molar-refractivity contribution in [2.45, 2.75) is 30.8 Å². The monoisotopic (exact) mass is 387 g/mol. The molecule has 0 unspecified atom stereocenters. The minimum atomic E-state index is -0.384. The summed E-state index contributed by atoms with van der Waals surface area (Å²) in [6.45, 7) is 2.01. The molecule has 0 spiro atoms. The van der Waals surface area contributed by atoms with E-state index in [-0.39, 0.29) is 23.2 Å². The first-order chi connectivity index (χ1) is 12.6. The Morgan fingerprint density at radius 3 is 2.73 bits per heavy atom. The molecular formula is C19H18ClN3O2S. The van der Waals surface area contributed by atoms with Crippen LogP contribution >= 0.6 is 23.4 Å². The third-order valence-electron chi connectivity index (χ3n) is 4.79. The van der Waals surface area contributed by atoms with Gasteiger partial charge in [-0.1, -0.05) is 48.5 Å². The number of carbonyl (C=O) groups excluding carboxylic acids is 1. The zero-order valence-corrected chi connectivity index (χ0v) is 15.8. The summed E-state index contributed by atoms with van der Waals surface area (Å²) in [7, 11) is 0. The molecule has 4 rings (SSSR count). The molecule has 0 bridgehead atoms. The molecule has 1 aliphatic carbocycles. The summed E-state index contributed by atoms with van der Waals surface area (Å²) in [5.74, 6) is 0.755. The van der Waals surface area contributed by atoms with Crippen LogP contribution in [0.2, 0.25) is 5.02 Å². The summed E-state index contributed by atoms with van der Waals surface area (Å²) in [5, 5.41) is 4.45. The number of anilines is 1. The van der Waals surface area contributed by atoms with Crippen LogP contribution in [0.15, 0.2) is 46.0 Å². The van der Waals surface area contributed by atoms with E-state index in [9.17, 15) is 9.59 Å². The van der Waals surface area contributed by atoms with Gasteiger partial charge in [0.2, 0.25) is 0 Å². The van der Waals surface area contributed by atoms with Crippen LogP contribution in [0.4, 0.5) is 5.82 Å². The second-order valence-electron chi connectivity index (χ2n) is 6.36. The highest BCUT2D eigenvalue weighted by Crippen LogP contribution is 2.44. The number of hydrogen-bond acceptors (Lipinski definition) is 5. The van der Waals surface area contributed by atoms with Gasteiger partial charge in [-0.25, -0.2) is 4.98 Å². The molecule has 1 aromatic carbocycles. The molecule has 0 saturated heterocycles. The van der Waals surface area contributed by atoms with Crippen LogP contribution < -0.4 is 10.9 Å². The van der Waals surface area contributed by atoms with E-state index in [0.717, 1.165) is 17.0 Å². The Balaban J connectivity index is 1.93. The Morgan fingerprint density at radius 1 is 1.23 bits per heavy atom. The fourth-order valence-corrected chi connectivity index (χ4v) is 4.42. The summed E-state index contributed by atoms with van der Waals surface area (Å²) >= 11 is 7.51. The van der Waals surface area contributed by atoms with E-state index in [1.807, 2.05) is 25.1 Å². The topological polar surface area (TPSA) is 74.8 Å². The molecule has 2 aromatic rings. The standard InChI is InChI=1S/C19H18ClN3O2S/c1-2-26-19-22-17-16(18(25)23-19)14(10-6-8-11(20)9-7-10)15-12(21-17)4-3-5-13(15)24/h4,6-9,14-15H,2-3,5H2,1H3,(H2,21,22,23,25)/t14-,15-/m1/s1. The predicted octanol–water partition coefficient (Wildman–Crippen LogP) is 3.96. The largest absolute Gasteiger partial charge is 0.343 e. The lowest BCUT2D eigenvalue weighted by atomic mass is 9.72. The van der Waals surface area contributed by atoms with Crippen LogP contribution in [0.3, 0.4) is 0 Å². The Labute approximate surface area is 160 Å². The van der Waals surface area contributed by atoms with Gasteiger partial charge in [0.05, 0.1) is 11.5 Å². The van der Waals surface area contributed by atoms with E-state index in [0.29, 0.717) is 34.4 Å². The molecule has 1 aliphatic heterocycles. The van der Waals surface area contributed by atoms with Gasteiger partial charge in [0, 0.05) is 23.1 Å². The molecule has 7 heteroatoms. The lowest BCUT2D eigenvalue weighted by Gasteiger charge is -2.36. The van der Waals surface area contributed by atoms with Crippen LogP contribution in [-0.2, 0) is 4.79 Å². The van der Waals surface area contributed by atoms with E-state index >= 15 is 0 Å². The van der Waals surface area contributed by atoms with Crippen molar-refractivity contribution in [1.29, 1.82) is 0 Å². The number of hydrogen-bond donors (Lipinski definition) is 2. The number of Topliss-reactive ketones (excluding diaryl/α,β-unsaturated/α-hetero) is 1. The first-order valence-corrected chi connectivity index (χ1v) is 9.97. The number of nitrogens with zero attached hydrogens (tertiary/aromatic N) is 1. The molecule has 2 aliphatic rings. The summed E-state index contributed by atoms with van der Waals surface area (Å²) < 4.78 is 0. The molecule has 0 saturated carbocycles. The van der Waals surface area contributed by atoms with Gasteiger partial charge < -0.3 is 10.3 Å². The molecule has 134 valence electrons. The van der Waals surface area contributed by atoms with E-state index in [4.69, 9.17) is 11.6 Å². The minimum Gasteiger partial charge on any atom is -0.343 e. The van der Waals surface area contributed by atoms with Crippen LogP contribution in [0.25, 0.3) is 0 Å². The number of halogens is 1. The maximum absolute atomic E-state index is 12.9. The Hall–Kier alpha value is -2.05. The first kappa shape index (κ1) is 17.4. The van der Waals surface area contributed by atoms with Gasteiger partial charge in [-0.05, 0) is 29.9 Å². The van der Waals surface area contributed by atoms with Crippen molar-refractivity contribution >= 4 is 35.0 Å². The van der Waals surface area contributed by atoms with E-state index < -0.39 is 0 Å². The fourth-order valence-electron chi connectivity index (χ4n) is 3.70. The number of fused-ring (bicyclic) bond motifs is 2. The third-order valence-corrected chi connectivity index (χ3v) is 5.80. The third kappa shape index (κ3) is 2.97. The van der Waals surface area contributed by atoms with Gasteiger partial charge in [-0.2, -0.15) is 0 Å². The Bertz CT molecular complexity index is 952. The minimum absolute atomic E-state index is 0.145. The molecule has 2 N–H and O–H groups in total. The second-order valence-corrected chi connectivity index (χ2v) is 8.05. The smallest absolute Gasteiger partial charge is 0.257 e. The summed E-state index contributed by atoms with van der Waals surface area (Å²) in [5.41, 5.74) is 2.06. The number of thioether (sulfide) groups is 1. The highest BCUT2D eigenvalue weighted by Gasteiger charge is 2.42. The van der Waals surface area contributed by atoms with Crippen molar-refractivity contribution in [2.75, 3.05) is 11.1 Å². The zero-order valence-electron chi connectivity index (χ0n) is 14.2. The SMILES string of the molecule is CCSc1nc2c(c(=O)[nH]1)[C@H](c1ccc(Cl)cc1)[C@H]1C(=O)CCC=C1N2. The lowest BCUT2D eigenvalue weighted by Crippen LogP contribution is -2.38. The highest BCUT2D eigenvalue weighted by molar-refractivity contribution is 7.99. The van der Waals surface area contributed by atoms with Crippen molar-refractivity contribution in [3.63, 3.8) is 0 Å². The molecular weight excluding hydrogens is 370 g/mol. The van der Waals surface area contributed by atoms with Gasteiger partial charge >= 0.3 is 0 Å². The number of aromatic nitrogens is 2. The van der Waals surface area contributed by atoms with Crippen molar-refractivity contribution in [2.24, 2.45) is 5.92 Å². The normalized spacial score (nSPS) is 21.5. The predicted molar refractivity (Wildman–Crippen MR) is 104 cm³/mol. The van der Waals surface area contributed by atoms with Gasteiger partial charge in [0.25, 0.3) is 5.56 Å². The van der Waals surface area contributed by atoms with Gasteiger partial charge in [-0.3, -0.25) is 9.59 Å². The van der Waals surface area contributed by atoms with Crippen LogP contribution in [0.1, 0.15) is 36.8 Å². The van der Waals surface area contributed by atoms with E-state index in [1.165, 1.54) is 11.8 Å². The molecule has 0 amide bonds. The summed E-state index contributed by atoms with van der Waals surface area (Å²) in [6.07, 6.45) is 3.25. The van der Waals surface area contributed by atoms with Crippen molar-refractivity contribution in [1.82, 2.24) is 9.97 Å². The van der Waals surface area contributed by atoms with Crippen LogP contribution in [-0.4, -0.2) is 21.5 Å². The molecule has 1 aromatic heterocycles. The van der Waals surface area contributed by atoms with Crippen molar-refractivity contribution in [3.8, 4) is 0 Å². The van der Waals surface area contributed by atoms with Crippen LogP contribution in [0, 0.1) is 5.92 Å². The number of carbonyl (C=O) groups is 1. The van der Waals surface area contributed by atoms with Crippen LogP contribution in [0.5, 0.6) is 0 Å². The maximum atomic E-state index is 12.9. The maximum Gasteiger partial charge on any atom is 0.257 e. The van der Waals surface area contributed by atoms with Gasteiger partial charge in [0.1, 0.15) is 11.6 Å².